The van der Waals surface area contributed by atoms with Crippen LogP contribution in [0.2, 0.25) is 0 Å². The Hall–Kier alpha value is -1.43. The second-order valence-electron chi connectivity index (χ2n) is 5.12. The van der Waals surface area contributed by atoms with Gasteiger partial charge in [0.15, 0.2) is 5.82 Å². The number of hydrogen-bond donors (Lipinski definition) is 2. The molecule has 1 atom stereocenters. The first-order valence-electron chi connectivity index (χ1n) is 6.51. The van der Waals surface area contributed by atoms with Crippen LogP contribution >= 0.6 is 0 Å². The van der Waals surface area contributed by atoms with Crippen molar-refractivity contribution in [3.05, 3.63) is 5.82 Å². The molecule has 6 heteroatoms. The van der Waals surface area contributed by atoms with Gasteiger partial charge in [0, 0.05) is 20.1 Å². The van der Waals surface area contributed by atoms with E-state index < -0.39 is 0 Å². The molecule has 1 aliphatic rings. The summed E-state index contributed by atoms with van der Waals surface area (Å²) in [4.78, 5) is 14.6. The van der Waals surface area contributed by atoms with Crippen LogP contribution in [0.3, 0.4) is 0 Å². The molecule has 0 saturated heterocycles. The van der Waals surface area contributed by atoms with Crippen molar-refractivity contribution < 1.29 is 0 Å². The fraction of sp³-hybridized carbons (Fsp3) is 0.750. The molecule has 0 spiro atoms. The molecule has 1 aromatic heterocycles. The molecule has 0 bridgehead atoms. The lowest BCUT2D eigenvalue weighted by atomic mass is 10.2. The molecule has 0 unspecified atom stereocenters. The number of anilines is 2. The van der Waals surface area contributed by atoms with E-state index in [1.807, 2.05) is 19.0 Å². The number of aromatic nitrogens is 3. The van der Waals surface area contributed by atoms with Crippen molar-refractivity contribution in [3.8, 4) is 0 Å². The molecule has 1 saturated carbocycles. The van der Waals surface area contributed by atoms with Gasteiger partial charge in [-0.3, -0.25) is 0 Å². The molecule has 6 nitrogen and oxygen atoms in total. The van der Waals surface area contributed by atoms with Gasteiger partial charge in [-0.2, -0.15) is 15.0 Å². The molecule has 0 aliphatic heterocycles. The third-order valence-electron chi connectivity index (χ3n) is 3.29. The summed E-state index contributed by atoms with van der Waals surface area (Å²) in [6.45, 7) is 2.08. The van der Waals surface area contributed by atoms with E-state index in [9.17, 15) is 0 Å². The van der Waals surface area contributed by atoms with E-state index in [0.29, 0.717) is 12.0 Å². The molecule has 0 amide bonds. The lowest BCUT2D eigenvalue weighted by Crippen LogP contribution is -2.30. The van der Waals surface area contributed by atoms with E-state index in [0.717, 1.165) is 5.82 Å². The zero-order chi connectivity index (χ0) is 13.1. The Labute approximate surface area is 108 Å². The Balaban J connectivity index is 2.10. The van der Waals surface area contributed by atoms with E-state index in [1.54, 1.807) is 0 Å². The number of nitrogens with one attached hydrogen (secondary N) is 1. The standard InChI is InChI=1S/C12H22N6/c1-8(14-9-6-4-5-7-9)10-15-11(13)17-12(16-10)18(2)3/h8-9,14H,4-7H2,1-3H3,(H2,13,15,16,17)/t8-/m0/s1. The number of nitrogens with zero attached hydrogens (tertiary/aromatic N) is 4. The van der Waals surface area contributed by atoms with Crippen LogP contribution < -0.4 is 16.0 Å². The lowest BCUT2D eigenvalue weighted by Gasteiger charge is -2.19. The van der Waals surface area contributed by atoms with Gasteiger partial charge in [-0.25, -0.2) is 0 Å². The number of rotatable bonds is 4. The number of nitrogens with two attached hydrogens (primary N) is 1. The highest BCUT2D eigenvalue weighted by Gasteiger charge is 2.20. The van der Waals surface area contributed by atoms with Gasteiger partial charge in [0.1, 0.15) is 0 Å². The molecular formula is C12H22N6. The Kier molecular flexibility index (Phi) is 3.96. The predicted octanol–water partition coefficient (Wildman–Crippen LogP) is 1.11. The van der Waals surface area contributed by atoms with Crippen LogP contribution in [0, 0.1) is 0 Å². The highest BCUT2D eigenvalue weighted by Crippen LogP contribution is 2.21. The molecule has 0 radical (unpaired) electrons. The van der Waals surface area contributed by atoms with E-state index in [2.05, 4.69) is 27.2 Å². The molecule has 1 aromatic rings. The van der Waals surface area contributed by atoms with Crippen molar-refractivity contribution >= 4 is 11.9 Å². The normalized spacial score (nSPS) is 17.9. The van der Waals surface area contributed by atoms with E-state index >= 15 is 0 Å². The van der Waals surface area contributed by atoms with Gasteiger partial charge in [0.2, 0.25) is 11.9 Å². The van der Waals surface area contributed by atoms with Crippen LogP contribution in [-0.4, -0.2) is 35.1 Å². The largest absolute Gasteiger partial charge is 0.368 e. The van der Waals surface area contributed by atoms with Gasteiger partial charge < -0.3 is 16.0 Å². The molecule has 1 heterocycles. The van der Waals surface area contributed by atoms with Crippen molar-refractivity contribution in [1.82, 2.24) is 20.3 Å². The zero-order valence-electron chi connectivity index (χ0n) is 11.3. The third kappa shape index (κ3) is 3.07. The molecule has 18 heavy (non-hydrogen) atoms. The van der Waals surface area contributed by atoms with E-state index in [-0.39, 0.29) is 12.0 Å². The number of hydrogen-bond acceptors (Lipinski definition) is 6. The summed E-state index contributed by atoms with van der Waals surface area (Å²) >= 11 is 0. The van der Waals surface area contributed by atoms with Gasteiger partial charge in [0.25, 0.3) is 0 Å². The summed E-state index contributed by atoms with van der Waals surface area (Å²) in [5, 5.41) is 3.56. The van der Waals surface area contributed by atoms with Crippen LogP contribution in [0.5, 0.6) is 0 Å². The smallest absolute Gasteiger partial charge is 0.229 e. The van der Waals surface area contributed by atoms with Crippen molar-refractivity contribution in [2.24, 2.45) is 0 Å². The molecule has 3 N–H and O–H groups in total. The maximum atomic E-state index is 5.73. The third-order valence-corrected chi connectivity index (χ3v) is 3.29. The summed E-state index contributed by atoms with van der Waals surface area (Å²) in [5.41, 5.74) is 5.73. The Bertz CT molecular complexity index is 400. The summed E-state index contributed by atoms with van der Waals surface area (Å²) < 4.78 is 0. The highest BCUT2D eigenvalue weighted by molar-refractivity contribution is 5.33. The van der Waals surface area contributed by atoms with Crippen LogP contribution in [0.1, 0.15) is 44.5 Å². The second-order valence-corrected chi connectivity index (χ2v) is 5.12. The monoisotopic (exact) mass is 250 g/mol. The topological polar surface area (TPSA) is 80.0 Å². The minimum absolute atomic E-state index is 0.108. The maximum Gasteiger partial charge on any atom is 0.229 e. The van der Waals surface area contributed by atoms with E-state index in [1.165, 1.54) is 25.7 Å². The fourth-order valence-corrected chi connectivity index (χ4v) is 2.31. The SMILES string of the molecule is C[C@H](NC1CCCC1)c1nc(N)nc(N(C)C)n1. The molecule has 1 fully saturated rings. The summed E-state index contributed by atoms with van der Waals surface area (Å²) in [6.07, 6.45) is 5.11. The molecule has 0 aromatic carbocycles. The quantitative estimate of drug-likeness (QED) is 0.833. The average molecular weight is 250 g/mol. The van der Waals surface area contributed by atoms with Crippen molar-refractivity contribution in [3.63, 3.8) is 0 Å². The van der Waals surface area contributed by atoms with Gasteiger partial charge in [0.05, 0.1) is 6.04 Å². The summed E-state index contributed by atoms with van der Waals surface area (Å²) in [7, 11) is 3.79. The highest BCUT2D eigenvalue weighted by atomic mass is 15.3. The van der Waals surface area contributed by atoms with Gasteiger partial charge in [-0.05, 0) is 19.8 Å². The first-order valence-corrected chi connectivity index (χ1v) is 6.51. The van der Waals surface area contributed by atoms with Crippen LogP contribution in [0.25, 0.3) is 0 Å². The van der Waals surface area contributed by atoms with Crippen molar-refractivity contribution in [1.29, 1.82) is 0 Å². The number of nitrogen functional groups attached to an aromatic ring is 1. The van der Waals surface area contributed by atoms with Crippen LogP contribution in [0.4, 0.5) is 11.9 Å². The summed E-state index contributed by atoms with van der Waals surface area (Å²) in [6, 6.07) is 0.692. The lowest BCUT2D eigenvalue weighted by molar-refractivity contribution is 0.447. The minimum Gasteiger partial charge on any atom is -0.368 e. The Morgan fingerprint density at radius 3 is 2.50 bits per heavy atom. The molecule has 2 rings (SSSR count). The predicted molar refractivity (Wildman–Crippen MR) is 72.4 cm³/mol. The first-order chi connectivity index (χ1) is 8.56. The van der Waals surface area contributed by atoms with Crippen LogP contribution in [0.15, 0.2) is 0 Å². The van der Waals surface area contributed by atoms with Crippen molar-refractivity contribution in [2.45, 2.75) is 44.7 Å². The van der Waals surface area contributed by atoms with Gasteiger partial charge in [-0.15, -0.1) is 0 Å². The molecule has 100 valence electrons. The Morgan fingerprint density at radius 2 is 1.89 bits per heavy atom. The van der Waals surface area contributed by atoms with Crippen molar-refractivity contribution in [2.75, 3.05) is 24.7 Å². The fourth-order valence-electron chi connectivity index (χ4n) is 2.31. The second kappa shape index (κ2) is 5.48. The van der Waals surface area contributed by atoms with E-state index in [4.69, 9.17) is 5.73 Å². The molecule has 1 aliphatic carbocycles. The van der Waals surface area contributed by atoms with Crippen LogP contribution in [-0.2, 0) is 0 Å². The zero-order valence-corrected chi connectivity index (χ0v) is 11.3. The summed E-state index contributed by atoms with van der Waals surface area (Å²) in [5.74, 6) is 1.61. The molecular weight excluding hydrogens is 228 g/mol. The van der Waals surface area contributed by atoms with Gasteiger partial charge in [-0.1, -0.05) is 12.8 Å². The first kappa shape index (κ1) is 13.0. The van der Waals surface area contributed by atoms with Gasteiger partial charge >= 0.3 is 0 Å². The average Bonchev–Trinajstić information content (AvgIpc) is 2.80. The maximum absolute atomic E-state index is 5.73. The Morgan fingerprint density at radius 1 is 1.22 bits per heavy atom. The minimum atomic E-state index is 0.108.